The lowest BCUT2D eigenvalue weighted by Gasteiger charge is -2.09. The van der Waals surface area contributed by atoms with E-state index >= 15 is 0 Å². The number of carboxylic acids is 1. The summed E-state index contributed by atoms with van der Waals surface area (Å²) in [5.74, 6) is -1.04. The van der Waals surface area contributed by atoms with Gasteiger partial charge in [0.25, 0.3) is 0 Å². The molecule has 0 fully saturated rings. The minimum atomic E-state index is -1.04. The minimum Gasteiger partial charge on any atom is -0.478 e. The second-order valence-electron chi connectivity index (χ2n) is 4.13. The summed E-state index contributed by atoms with van der Waals surface area (Å²) >= 11 is 9.47. The third kappa shape index (κ3) is 2.67. The summed E-state index contributed by atoms with van der Waals surface area (Å²) in [6.45, 7) is 3.80. The van der Waals surface area contributed by atoms with Gasteiger partial charge in [0.15, 0.2) is 0 Å². The number of carboxylic acid groups (broad SMARTS) is 1. The van der Waals surface area contributed by atoms with Gasteiger partial charge in [0.1, 0.15) is 0 Å². The van der Waals surface area contributed by atoms with Crippen LogP contribution in [0.2, 0.25) is 5.02 Å². The second kappa shape index (κ2) is 5.35. The topological polar surface area (TPSA) is 55.1 Å². The molecule has 0 radical (unpaired) electrons. The Labute approximate surface area is 124 Å². The molecule has 0 aliphatic carbocycles. The van der Waals surface area contributed by atoms with Crippen LogP contribution in [0.25, 0.3) is 5.69 Å². The normalized spacial score (nSPS) is 10.7. The van der Waals surface area contributed by atoms with Crippen molar-refractivity contribution in [3.8, 4) is 5.69 Å². The maximum Gasteiger partial charge on any atom is 0.337 e. The molecule has 0 saturated carbocycles. The van der Waals surface area contributed by atoms with E-state index in [0.29, 0.717) is 17.1 Å². The number of nitrogens with zero attached hydrogens (tertiary/aromatic N) is 2. The fraction of sp³-hybridized carbons (Fsp3) is 0.231. The lowest BCUT2D eigenvalue weighted by molar-refractivity contribution is 0.0697. The fourth-order valence-corrected chi connectivity index (χ4v) is 2.38. The molecule has 100 valence electrons. The molecule has 0 spiro atoms. The number of aromatic carboxylic acids is 1. The fourth-order valence-electron chi connectivity index (χ4n) is 1.78. The lowest BCUT2D eigenvalue weighted by Crippen LogP contribution is -2.04. The predicted molar refractivity (Wildman–Crippen MR) is 77.3 cm³/mol. The Balaban J connectivity index is 2.64. The van der Waals surface area contributed by atoms with Gasteiger partial charge in [-0.25, -0.2) is 9.48 Å². The highest BCUT2D eigenvalue weighted by Gasteiger charge is 2.15. The Morgan fingerprint density at radius 1 is 1.53 bits per heavy atom. The first-order valence-electron chi connectivity index (χ1n) is 5.72. The van der Waals surface area contributed by atoms with Crippen molar-refractivity contribution < 1.29 is 9.90 Å². The van der Waals surface area contributed by atoms with E-state index in [0.717, 1.165) is 15.7 Å². The highest BCUT2D eigenvalue weighted by Crippen LogP contribution is 2.26. The van der Waals surface area contributed by atoms with Gasteiger partial charge in [-0.3, -0.25) is 0 Å². The average Bonchev–Trinajstić information content (AvgIpc) is 2.69. The highest BCUT2D eigenvalue weighted by atomic mass is 79.9. The quantitative estimate of drug-likeness (QED) is 0.920. The van der Waals surface area contributed by atoms with Crippen LogP contribution in [-0.4, -0.2) is 20.9 Å². The largest absolute Gasteiger partial charge is 0.478 e. The Hall–Kier alpha value is -1.33. The maximum atomic E-state index is 11.2. The number of aryl methyl sites for hydroxylation is 2. The molecule has 0 unspecified atom stereocenters. The maximum absolute atomic E-state index is 11.2. The molecule has 0 atom stereocenters. The number of aromatic nitrogens is 2. The number of benzene rings is 1. The first kappa shape index (κ1) is 14.1. The van der Waals surface area contributed by atoms with Crippen LogP contribution in [0, 0.1) is 6.92 Å². The van der Waals surface area contributed by atoms with Crippen molar-refractivity contribution >= 4 is 33.5 Å². The van der Waals surface area contributed by atoms with Gasteiger partial charge in [-0.2, -0.15) is 5.10 Å². The van der Waals surface area contributed by atoms with Crippen LogP contribution in [0.4, 0.5) is 0 Å². The van der Waals surface area contributed by atoms with Crippen molar-refractivity contribution in [3.63, 3.8) is 0 Å². The number of hydrogen-bond donors (Lipinski definition) is 1. The Morgan fingerprint density at radius 3 is 2.68 bits per heavy atom. The SMILES string of the molecule is CCc1cc(-n2cc(Br)c(C)n2)cc(C(=O)O)c1Cl. The zero-order chi connectivity index (χ0) is 14.2. The van der Waals surface area contributed by atoms with E-state index in [2.05, 4.69) is 21.0 Å². The zero-order valence-corrected chi connectivity index (χ0v) is 12.8. The molecule has 1 aromatic carbocycles. The summed E-state index contributed by atoms with van der Waals surface area (Å²) < 4.78 is 2.51. The van der Waals surface area contributed by atoms with Gasteiger partial charge in [0.2, 0.25) is 0 Å². The average molecular weight is 344 g/mol. The van der Waals surface area contributed by atoms with Crippen molar-refractivity contribution in [2.24, 2.45) is 0 Å². The van der Waals surface area contributed by atoms with E-state index in [4.69, 9.17) is 11.6 Å². The Kier molecular flexibility index (Phi) is 3.96. The van der Waals surface area contributed by atoms with E-state index in [1.165, 1.54) is 6.07 Å². The number of rotatable bonds is 3. The van der Waals surface area contributed by atoms with Gasteiger partial charge in [-0.15, -0.1) is 0 Å². The van der Waals surface area contributed by atoms with Gasteiger partial charge in [0.05, 0.1) is 26.4 Å². The molecule has 2 aromatic rings. The highest BCUT2D eigenvalue weighted by molar-refractivity contribution is 9.10. The molecule has 1 aromatic heterocycles. The summed E-state index contributed by atoms with van der Waals surface area (Å²) in [5, 5.41) is 13.8. The first-order chi connectivity index (χ1) is 8.93. The summed E-state index contributed by atoms with van der Waals surface area (Å²) in [6.07, 6.45) is 2.46. The molecule has 2 rings (SSSR count). The van der Waals surface area contributed by atoms with Crippen LogP contribution < -0.4 is 0 Å². The van der Waals surface area contributed by atoms with Gasteiger partial charge in [-0.05, 0) is 47.0 Å². The van der Waals surface area contributed by atoms with Gasteiger partial charge >= 0.3 is 5.97 Å². The first-order valence-corrected chi connectivity index (χ1v) is 6.89. The molecule has 0 amide bonds. The van der Waals surface area contributed by atoms with Crippen molar-refractivity contribution in [3.05, 3.63) is 44.6 Å². The smallest absolute Gasteiger partial charge is 0.337 e. The molecular formula is C13H12BrClN2O2. The van der Waals surface area contributed by atoms with Crippen LogP contribution in [0.1, 0.15) is 28.5 Å². The van der Waals surface area contributed by atoms with Crippen molar-refractivity contribution in [2.45, 2.75) is 20.3 Å². The van der Waals surface area contributed by atoms with Crippen LogP contribution >= 0.6 is 27.5 Å². The van der Waals surface area contributed by atoms with E-state index in [1.807, 2.05) is 19.9 Å². The molecule has 1 N–H and O–H groups in total. The van der Waals surface area contributed by atoms with E-state index in [1.54, 1.807) is 10.9 Å². The minimum absolute atomic E-state index is 0.0975. The van der Waals surface area contributed by atoms with Crippen LogP contribution in [-0.2, 0) is 6.42 Å². The molecule has 19 heavy (non-hydrogen) atoms. The number of carbonyl (C=O) groups is 1. The van der Waals surface area contributed by atoms with Crippen molar-refractivity contribution in [2.75, 3.05) is 0 Å². The third-order valence-corrected chi connectivity index (χ3v) is 4.07. The van der Waals surface area contributed by atoms with Crippen molar-refractivity contribution in [1.29, 1.82) is 0 Å². The predicted octanol–water partition coefficient (Wildman–Crippen LogP) is 3.86. The van der Waals surface area contributed by atoms with E-state index < -0.39 is 5.97 Å². The summed E-state index contributed by atoms with van der Waals surface area (Å²) in [6, 6.07) is 3.39. The number of hydrogen-bond acceptors (Lipinski definition) is 2. The van der Waals surface area contributed by atoms with Crippen LogP contribution in [0.5, 0.6) is 0 Å². The van der Waals surface area contributed by atoms with E-state index in [-0.39, 0.29) is 5.56 Å². The molecular weight excluding hydrogens is 332 g/mol. The molecule has 4 nitrogen and oxygen atoms in total. The molecule has 0 aliphatic heterocycles. The molecule has 0 bridgehead atoms. The summed E-state index contributed by atoms with van der Waals surface area (Å²) in [5.41, 5.74) is 2.42. The van der Waals surface area contributed by atoms with Gasteiger partial charge in [-0.1, -0.05) is 18.5 Å². The summed E-state index contributed by atoms with van der Waals surface area (Å²) in [4.78, 5) is 11.2. The number of halogens is 2. The summed E-state index contributed by atoms with van der Waals surface area (Å²) in [7, 11) is 0. The van der Waals surface area contributed by atoms with Gasteiger partial charge < -0.3 is 5.11 Å². The van der Waals surface area contributed by atoms with Gasteiger partial charge in [0, 0.05) is 6.20 Å². The lowest BCUT2D eigenvalue weighted by atomic mass is 10.1. The van der Waals surface area contributed by atoms with Crippen LogP contribution in [0.3, 0.4) is 0 Å². The zero-order valence-electron chi connectivity index (χ0n) is 10.4. The van der Waals surface area contributed by atoms with Crippen LogP contribution in [0.15, 0.2) is 22.8 Å². The van der Waals surface area contributed by atoms with Crippen molar-refractivity contribution in [1.82, 2.24) is 9.78 Å². The Bertz CT molecular complexity index is 633. The standard InChI is InChI=1S/C13H12BrClN2O2/c1-3-8-4-9(5-10(12(8)15)13(18)19)17-6-11(14)7(2)16-17/h4-6H,3H2,1-2H3,(H,18,19). The molecule has 0 aliphatic rings. The monoisotopic (exact) mass is 342 g/mol. The van der Waals surface area contributed by atoms with E-state index in [9.17, 15) is 9.90 Å². The third-order valence-electron chi connectivity index (χ3n) is 2.85. The molecule has 1 heterocycles. The molecule has 0 saturated heterocycles. The molecule has 6 heteroatoms. The second-order valence-corrected chi connectivity index (χ2v) is 5.36. The Morgan fingerprint density at radius 2 is 2.21 bits per heavy atom.